The van der Waals surface area contributed by atoms with E-state index in [0.717, 1.165) is 0 Å². The van der Waals surface area contributed by atoms with Crippen LogP contribution in [0.15, 0.2) is 0 Å². The zero-order valence-electron chi connectivity index (χ0n) is 8.55. The van der Waals surface area contributed by atoms with Crippen molar-refractivity contribution in [3.63, 3.8) is 0 Å². The molecule has 1 heterocycles. The molecule has 1 N–H and O–H groups in total. The van der Waals surface area contributed by atoms with Gasteiger partial charge in [-0.25, -0.2) is 12.7 Å². The van der Waals surface area contributed by atoms with Gasteiger partial charge in [0.25, 0.3) is 0 Å². The van der Waals surface area contributed by atoms with E-state index in [0.29, 0.717) is 0 Å². The summed E-state index contributed by atoms with van der Waals surface area (Å²) in [5.41, 5.74) is 0. The van der Waals surface area contributed by atoms with E-state index >= 15 is 0 Å². The second-order valence-corrected chi connectivity index (χ2v) is 5.40. The molecule has 1 saturated heterocycles. The van der Waals surface area contributed by atoms with Gasteiger partial charge in [0.15, 0.2) is 5.75 Å². The number of aliphatic hydroxyl groups is 1. The summed E-state index contributed by atoms with van der Waals surface area (Å²) in [5.74, 6) is -1.34. The summed E-state index contributed by atoms with van der Waals surface area (Å²) in [5, 5.41) is 8.72. The number of carbonyl (C=O) groups excluding carboxylic acids is 1. The molecule has 6 nitrogen and oxygen atoms in total. The van der Waals surface area contributed by atoms with Crippen LogP contribution in [0.1, 0.15) is 6.92 Å². The molecule has 0 radical (unpaired) electrons. The Bertz CT molecular complexity index is 320. The summed E-state index contributed by atoms with van der Waals surface area (Å²) in [6.07, 6.45) is 0. The minimum atomic E-state index is -3.54. The van der Waals surface area contributed by atoms with E-state index in [9.17, 15) is 13.2 Å². The van der Waals surface area contributed by atoms with Gasteiger partial charge in [0.2, 0.25) is 10.0 Å². The lowest BCUT2D eigenvalue weighted by Gasteiger charge is -2.36. The zero-order valence-corrected chi connectivity index (χ0v) is 9.37. The fraction of sp³-hybridized carbons (Fsp3) is 0.875. The Morgan fingerprint density at radius 3 is 2.60 bits per heavy atom. The first-order valence-corrected chi connectivity index (χ1v) is 6.34. The Balaban J connectivity index is 2.44. The van der Waals surface area contributed by atoms with Gasteiger partial charge >= 0.3 is 5.97 Å². The molecule has 88 valence electrons. The number of hydrogen-bond donors (Lipinski definition) is 1. The van der Waals surface area contributed by atoms with Crippen molar-refractivity contribution in [3.8, 4) is 0 Å². The van der Waals surface area contributed by atoms with Crippen LogP contribution in [0.2, 0.25) is 0 Å². The van der Waals surface area contributed by atoms with E-state index in [2.05, 4.69) is 4.74 Å². The molecule has 1 rings (SSSR count). The molecule has 15 heavy (non-hydrogen) atoms. The topological polar surface area (TPSA) is 83.9 Å². The predicted molar refractivity (Wildman–Crippen MR) is 52.6 cm³/mol. The summed E-state index contributed by atoms with van der Waals surface area (Å²) in [6, 6.07) is 0. The maximum atomic E-state index is 11.5. The molecular weight excluding hydrogens is 222 g/mol. The highest BCUT2D eigenvalue weighted by Crippen LogP contribution is 2.19. The molecule has 0 spiro atoms. The minimum absolute atomic E-state index is 0.00182. The number of hydrogen-bond acceptors (Lipinski definition) is 5. The van der Waals surface area contributed by atoms with Gasteiger partial charge in [-0.15, -0.1) is 0 Å². The van der Waals surface area contributed by atoms with Crippen LogP contribution >= 0.6 is 0 Å². The van der Waals surface area contributed by atoms with Crippen molar-refractivity contribution in [1.29, 1.82) is 0 Å². The fourth-order valence-corrected chi connectivity index (χ4v) is 2.75. The van der Waals surface area contributed by atoms with E-state index in [1.807, 2.05) is 0 Å². The lowest BCUT2D eigenvalue weighted by atomic mass is 10.1. The second kappa shape index (κ2) is 4.91. The molecule has 0 atom stereocenters. The first kappa shape index (κ1) is 12.4. The first-order chi connectivity index (χ1) is 6.99. The highest BCUT2D eigenvalue weighted by atomic mass is 32.2. The van der Waals surface area contributed by atoms with Crippen LogP contribution in [-0.2, 0) is 19.6 Å². The first-order valence-electron chi connectivity index (χ1n) is 4.74. The quantitative estimate of drug-likeness (QED) is 0.607. The lowest BCUT2D eigenvalue weighted by molar-refractivity contribution is -0.140. The minimum Gasteiger partial charge on any atom is -0.465 e. The normalized spacial score (nSPS) is 18.5. The number of carbonyl (C=O) groups is 1. The van der Waals surface area contributed by atoms with Crippen molar-refractivity contribution in [1.82, 2.24) is 4.31 Å². The number of aliphatic hydroxyl groups excluding tert-OH is 1. The molecule has 0 bridgehead atoms. The fourth-order valence-electron chi connectivity index (χ4n) is 1.31. The van der Waals surface area contributed by atoms with Gasteiger partial charge in [-0.2, -0.15) is 0 Å². The molecule has 0 saturated carbocycles. The molecule has 0 aliphatic carbocycles. The highest BCUT2D eigenvalue weighted by Gasteiger charge is 2.36. The zero-order chi connectivity index (χ0) is 11.5. The van der Waals surface area contributed by atoms with Crippen molar-refractivity contribution in [2.45, 2.75) is 6.92 Å². The van der Waals surface area contributed by atoms with Crippen LogP contribution in [0.25, 0.3) is 0 Å². The van der Waals surface area contributed by atoms with E-state index in [1.165, 1.54) is 4.31 Å². The summed E-state index contributed by atoms with van der Waals surface area (Å²) < 4.78 is 28.7. The molecule has 1 aliphatic heterocycles. The molecule has 0 aromatic carbocycles. The summed E-state index contributed by atoms with van der Waals surface area (Å²) in [7, 11) is -3.54. The van der Waals surface area contributed by atoms with Crippen molar-refractivity contribution in [3.05, 3.63) is 0 Å². The van der Waals surface area contributed by atoms with E-state index in [4.69, 9.17) is 5.11 Å². The van der Waals surface area contributed by atoms with Crippen LogP contribution in [0.4, 0.5) is 0 Å². The van der Waals surface area contributed by atoms with Gasteiger partial charge in [0, 0.05) is 25.6 Å². The smallest absolute Gasteiger partial charge is 0.322 e. The van der Waals surface area contributed by atoms with Gasteiger partial charge < -0.3 is 9.84 Å². The Morgan fingerprint density at radius 2 is 2.13 bits per heavy atom. The molecule has 0 aromatic heterocycles. The van der Waals surface area contributed by atoms with E-state index in [-0.39, 0.29) is 32.2 Å². The van der Waals surface area contributed by atoms with Crippen molar-refractivity contribution in [2.24, 2.45) is 5.92 Å². The maximum Gasteiger partial charge on any atom is 0.322 e. The van der Waals surface area contributed by atoms with Crippen LogP contribution in [-0.4, -0.2) is 55.9 Å². The summed E-state index contributed by atoms with van der Waals surface area (Å²) in [6.45, 7) is 2.35. The maximum absolute atomic E-state index is 11.5. The third-order valence-corrected chi connectivity index (χ3v) is 3.87. The van der Waals surface area contributed by atoms with E-state index < -0.39 is 21.7 Å². The highest BCUT2D eigenvalue weighted by molar-refractivity contribution is 7.89. The van der Waals surface area contributed by atoms with Crippen LogP contribution in [0, 0.1) is 5.92 Å². The third-order valence-electron chi connectivity index (χ3n) is 2.18. The molecule has 1 fully saturated rings. The third kappa shape index (κ3) is 3.15. The molecule has 0 amide bonds. The van der Waals surface area contributed by atoms with Crippen LogP contribution in [0.3, 0.4) is 0 Å². The van der Waals surface area contributed by atoms with Crippen molar-refractivity contribution < 1.29 is 23.1 Å². The van der Waals surface area contributed by atoms with Gasteiger partial charge in [0.1, 0.15) is 0 Å². The number of sulfonamides is 1. The molecule has 0 aromatic rings. The largest absolute Gasteiger partial charge is 0.465 e. The second-order valence-electron chi connectivity index (χ2n) is 3.43. The summed E-state index contributed by atoms with van der Waals surface area (Å²) >= 11 is 0. The van der Waals surface area contributed by atoms with Gasteiger partial charge in [-0.1, -0.05) is 0 Å². The van der Waals surface area contributed by atoms with Crippen LogP contribution in [0.5, 0.6) is 0 Å². The SMILES string of the molecule is CCOC(=O)CS(=O)(=O)N1CC(CO)C1. The van der Waals surface area contributed by atoms with E-state index in [1.54, 1.807) is 6.92 Å². The monoisotopic (exact) mass is 237 g/mol. The summed E-state index contributed by atoms with van der Waals surface area (Å²) in [4.78, 5) is 11.0. The Labute approximate surface area is 88.9 Å². The molecule has 1 aliphatic rings. The average Bonchev–Trinajstić information content (AvgIpc) is 2.00. The van der Waals surface area contributed by atoms with Crippen molar-refractivity contribution in [2.75, 3.05) is 32.1 Å². The average molecular weight is 237 g/mol. The number of ether oxygens (including phenoxy) is 1. The standard InChI is InChI=1S/C8H15NO5S/c1-2-14-8(11)6-15(12,13)9-3-7(4-9)5-10/h7,10H,2-6H2,1H3. The van der Waals surface area contributed by atoms with Crippen LogP contribution < -0.4 is 0 Å². The molecule has 0 unspecified atom stereocenters. The molecular formula is C8H15NO5S. The van der Waals surface area contributed by atoms with Gasteiger partial charge in [0.05, 0.1) is 6.61 Å². The molecule has 7 heteroatoms. The number of esters is 1. The Hall–Kier alpha value is -0.660. The Kier molecular flexibility index (Phi) is 4.06. The Morgan fingerprint density at radius 1 is 1.53 bits per heavy atom. The van der Waals surface area contributed by atoms with Crippen molar-refractivity contribution >= 4 is 16.0 Å². The number of nitrogens with zero attached hydrogens (tertiary/aromatic N) is 1. The van der Waals surface area contributed by atoms with Gasteiger partial charge in [-0.3, -0.25) is 4.79 Å². The lowest BCUT2D eigenvalue weighted by Crippen LogP contribution is -2.52. The number of rotatable bonds is 5. The predicted octanol–water partition coefficient (Wildman–Crippen LogP) is -1.20. The van der Waals surface area contributed by atoms with Gasteiger partial charge in [-0.05, 0) is 6.92 Å².